The molecule has 1 aliphatic rings. The van der Waals surface area contributed by atoms with Gasteiger partial charge in [-0.1, -0.05) is 13.0 Å². The normalized spacial score (nSPS) is 18.0. The number of nitrogens with zero attached hydrogens (tertiary/aromatic N) is 2. The van der Waals surface area contributed by atoms with Gasteiger partial charge in [0.1, 0.15) is 11.2 Å². The van der Waals surface area contributed by atoms with Crippen LogP contribution in [0, 0.1) is 23.7 Å². The Morgan fingerprint density at radius 2 is 2.25 bits per heavy atom. The van der Waals surface area contributed by atoms with Gasteiger partial charge in [-0.05, 0) is 43.9 Å². The second-order valence-electron chi connectivity index (χ2n) is 6.38. The summed E-state index contributed by atoms with van der Waals surface area (Å²) in [6.45, 7) is 4.91. The van der Waals surface area contributed by atoms with Crippen LogP contribution in [-0.2, 0) is 9.53 Å². The summed E-state index contributed by atoms with van der Waals surface area (Å²) in [5, 5.41) is 12.5. The molecule has 2 aromatic rings. The number of ether oxygens (including phenoxy) is 1. The van der Waals surface area contributed by atoms with Crippen LogP contribution in [0.3, 0.4) is 0 Å². The van der Waals surface area contributed by atoms with Crippen molar-refractivity contribution in [2.24, 2.45) is 5.41 Å². The van der Waals surface area contributed by atoms with Crippen molar-refractivity contribution in [3.05, 3.63) is 29.6 Å². The summed E-state index contributed by atoms with van der Waals surface area (Å²) in [6.07, 6.45) is 1.57. The van der Waals surface area contributed by atoms with E-state index >= 15 is 0 Å². The number of benzene rings is 1. The zero-order valence-electron chi connectivity index (χ0n) is 14.1. The number of imidazole rings is 1. The third-order valence-electron chi connectivity index (χ3n) is 4.69. The van der Waals surface area contributed by atoms with Gasteiger partial charge in [0, 0.05) is 13.2 Å². The number of nitriles is 1. The molecule has 3 rings (SSSR count). The van der Waals surface area contributed by atoms with Crippen molar-refractivity contribution in [2.75, 3.05) is 13.2 Å². The number of H-pyrrole nitrogens is 1. The minimum atomic E-state index is -0.992. The monoisotopic (exact) mass is 326 g/mol. The van der Waals surface area contributed by atoms with Gasteiger partial charge in [-0.2, -0.15) is 5.26 Å². The zero-order valence-corrected chi connectivity index (χ0v) is 14.1. The molecule has 1 aromatic carbocycles. The molecule has 0 radical (unpaired) electrons. The Kier molecular flexibility index (Phi) is 4.54. The van der Waals surface area contributed by atoms with E-state index in [0.717, 1.165) is 22.4 Å². The summed E-state index contributed by atoms with van der Waals surface area (Å²) in [6, 6.07) is 7.99. The predicted molar refractivity (Wildman–Crippen MR) is 90.1 cm³/mol. The number of nitrogens with one attached hydrogen (secondary N) is 2. The highest BCUT2D eigenvalue weighted by Gasteiger charge is 2.41. The highest BCUT2D eigenvalue weighted by atomic mass is 16.5. The molecule has 2 heterocycles. The first-order valence-electron chi connectivity index (χ1n) is 8.34. The van der Waals surface area contributed by atoms with E-state index in [2.05, 4.69) is 21.4 Å². The van der Waals surface area contributed by atoms with E-state index in [0.29, 0.717) is 32.5 Å². The lowest BCUT2D eigenvalue weighted by atomic mass is 9.80. The SMILES string of the molecule is CC[C@@H](NC(=O)C1(C#N)CCOCC1)c1nc2ccc(C)cc2[nH]1. The maximum absolute atomic E-state index is 12.7. The first kappa shape index (κ1) is 16.5. The average Bonchev–Trinajstić information content (AvgIpc) is 3.02. The minimum absolute atomic E-state index is 0.225. The average molecular weight is 326 g/mol. The fraction of sp³-hybridized carbons (Fsp3) is 0.500. The maximum atomic E-state index is 12.7. The standard InChI is InChI=1S/C18H22N4O2/c1-3-13(16-20-14-5-4-12(2)10-15(14)21-16)22-17(23)18(11-19)6-8-24-9-7-18/h4-5,10,13H,3,6-9H2,1-2H3,(H,20,21)(H,22,23)/t13-/m1/s1. The molecule has 6 nitrogen and oxygen atoms in total. The van der Waals surface area contributed by atoms with E-state index in [1.807, 2.05) is 32.0 Å². The van der Waals surface area contributed by atoms with Crippen molar-refractivity contribution in [3.8, 4) is 6.07 Å². The van der Waals surface area contributed by atoms with Gasteiger partial charge in [-0.3, -0.25) is 4.79 Å². The fourth-order valence-corrected chi connectivity index (χ4v) is 3.08. The molecule has 126 valence electrons. The number of aryl methyl sites for hydroxylation is 1. The van der Waals surface area contributed by atoms with Crippen LogP contribution in [0.15, 0.2) is 18.2 Å². The van der Waals surface area contributed by atoms with Gasteiger partial charge in [0.15, 0.2) is 0 Å². The topological polar surface area (TPSA) is 90.8 Å². The Bertz CT molecular complexity index is 784. The Hall–Kier alpha value is -2.39. The molecule has 0 aliphatic carbocycles. The fourth-order valence-electron chi connectivity index (χ4n) is 3.08. The van der Waals surface area contributed by atoms with Crippen LogP contribution in [0.1, 0.15) is 43.6 Å². The van der Waals surface area contributed by atoms with Crippen molar-refractivity contribution >= 4 is 16.9 Å². The van der Waals surface area contributed by atoms with Crippen molar-refractivity contribution in [3.63, 3.8) is 0 Å². The molecule has 2 N–H and O–H groups in total. The van der Waals surface area contributed by atoms with E-state index < -0.39 is 5.41 Å². The second kappa shape index (κ2) is 6.62. The molecule has 0 saturated carbocycles. The maximum Gasteiger partial charge on any atom is 0.241 e. The number of aromatic nitrogens is 2. The van der Waals surface area contributed by atoms with Crippen LogP contribution in [0.25, 0.3) is 11.0 Å². The molecular weight excluding hydrogens is 304 g/mol. The first-order chi connectivity index (χ1) is 11.6. The zero-order chi connectivity index (χ0) is 17.2. The lowest BCUT2D eigenvalue weighted by Crippen LogP contribution is -2.45. The Morgan fingerprint density at radius 1 is 1.50 bits per heavy atom. The lowest BCUT2D eigenvalue weighted by Gasteiger charge is -2.30. The number of hydrogen-bond acceptors (Lipinski definition) is 4. The summed E-state index contributed by atoms with van der Waals surface area (Å²) < 4.78 is 5.29. The van der Waals surface area contributed by atoms with Gasteiger partial charge in [-0.15, -0.1) is 0 Å². The van der Waals surface area contributed by atoms with Gasteiger partial charge in [-0.25, -0.2) is 4.98 Å². The van der Waals surface area contributed by atoms with Gasteiger partial charge >= 0.3 is 0 Å². The van der Waals surface area contributed by atoms with Gasteiger partial charge in [0.05, 0.1) is 23.1 Å². The van der Waals surface area contributed by atoms with E-state index in [-0.39, 0.29) is 11.9 Å². The van der Waals surface area contributed by atoms with Crippen molar-refractivity contribution < 1.29 is 9.53 Å². The van der Waals surface area contributed by atoms with Gasteiger partial charge in [0.2, 0.25) is 5.91 Å². The molecular formula is C18H22N4O2. The molecule has 0 spiro atoms. The molecule has 1 amide bonds. The number of fused-ring (bicyclic) bond motifs is 1. The molecule has 1 fully saturated rings. The smallest absolute Gasteiger partial charge is 0.241 e. The molecule has 24 heavy (non-hydrogen) atoms. The number of amides is 1. The van der Waals surface area contributed by atoms with E-state index in [1.165, 1.54) is 0 Å². The number of carbonyl (C=O) groups excluding carboxylic acids is 1. The lowest BCUT2D eigenvalue weighted by molar-refractivity contribution is -0.133. The highest BCUT2D eigenvalue weighted by Crippen LogP contribution is 2.31. The minimum Gasteiger partial charge on any atom is -0.381 e. The van der Waals surface area contributed by atoms with Crippen LogP contribution in [0.5, 0.6) is 0 Å². The van der Waals surface area contributed by atoms with E-state index in [9.17, 15) is 10.1 Å². The molecule has 1 aromatic heterocycles. The quantitative estimate of drug-likeness (QED) is 0.904. The summed E-state index contributed by atoms with van der Waals surface area (Å²) in [5.41, 5.74) is 2.00. The van der Waals surface area contributed by atoms with Gasteiger partial charge in [0.25, 0.3) is 0 Å². The van der Waals surface area contributed by atoms with Crippen LogP contribution >= 0.6 is 0 Å². The first-order valence-corrected chi connectivity index (χ1v) is 8.34. The van der Waals surface area contributed by atoms with Crippen LogP contribution < -0.4 is 5.32 Å². The summed E-state index contributed by atoms with van der Waals surface area (Å²) >= 11 is 0. The summed E-state index contributed by atoms with van der Waals surface area (Å²) in [7, 11) is 0. The van der Waals surface area contributed by atoms with Crippen molar-refractivity contribution in [1.82, 2.24) is 15.3 Å². The van der Waals surface area contributed by atoms with Crippen LogP contribution in [0.4, 0.5) is 0 Å². The van der Waals surface area contributed by atoms with Crippen LogP contribution in [-0.4, -0.2) is 29.1 Å². The molecule has 0 unspecified atom stereocenters. The third kappa shape index (κ3) is 3.00. The third-order valence-corrected chi connectivity index (χ3v) is 4.69. The Labute approximate surface area is 141 Å². The van der Waals surface area contributed by atoms with Crippen LogP contribution in [0.2, 0.25) is 0 Å². The predicted octanol–water partition coefficient (Wildman–Crippen LogP) is 2.76. The number of aromatic amines is 1. The highest BCUT2D eigenvalue weighted by molar-refractivity contribution is 5.86. The number of rotatable bonds is 4. The largest absolute Gasteiger partial charge is 0.381 e. The molecule has 1 aliphatic heterocycles. The van der Waals surface area contributed by atoms with E-state index in [1.54, 1.807) is 0 Å². The Morgan fingerprint density at radius 3 is 2.92 bits per heavy atom. The van der Waals surface area contributed by atoms with Crippen molar-refractivity contribution in [2.45, 2.75) is 39.2 Å². The molecule has 0 bridgehead atoms. The summed E-state index contributed by atoms with van der Waals surface area (Å²) in [5.74, 6) is 0.503. The number of hydrogen-bond donors (Lipinski definition) is 2. The molecule has 6 heteroatoms. The second-order valence-corrected chi connectivity index (χ2v) is 6.38. The molecule has 1 saturated heterocycles. The molecule has 1 atom stereocenters. The Balaban J connectivity index is 1.82. The summed E-state index contributed by atoms with van der Waals surface area (Å²) in [4.78, 5) is 20.6. The number of carbonyl (C=O) groups is 1. The van der Waals surface area contributed by atoms with Crippen molar-refractivity contribution in [1.29, 1.82) is 5.26 Å². The van der Waals surface area contributed by atoms with Gasteiger partial charge < -0.3 is 15.0 Å². The van der Waals surface area contributed by atoms with E-state index in [4.69, 9.17) is 4.74 Å².